The van der Waals surface area contributed by atoms with Gasteiger partial charge < -0.3 is 15.5 Å². The first kappa shape index (κ1) is 21.5. The Morgan fingerprint density at radius 2 is 1.72 bits per heavy atom. The van der Waals surface area contributed by atoms with Gasteiger partial charge in [-0.05, 0) is 56.1 Å². The average Bonchev–Trinajstić information content (AvgIpc) is 2.53. The molecule has 1 fully saturated rings. The first-order chi connectivity index (χ1) is 11.6. The molecule has 0 aliphatic carbocycles. The van der Waals surface area contributed by atoms with Crippen molar-refractivity contribution in [3.05, 3.63) is 29.8 Å². The molecule has 5 nitrogen and oxygen atoms in total. The lowest BCUT2D eigenvalue weighted by Gasteiger charge is -2.31. The number of hydrogen-bond acceptors (Lipinski definition) is 3. The summed E-state index contributed by atoms with van der Waals surface area (Å²) in [6, 6.07) is 7.22. The van der Waals surface area contributed by atoms with Gasteiger partial charge in [-0.2, -0.15) is 0 Å². The predicted molar refractivity (Wildman–Crippen MR) is 104 cm³/mol. The van der Waals surface area contributed by atoms with Gasteiger partial charge in [0, 0.05) is 30.3 Å². The zero-order chi connectivity index (χ0) is 17.5. The summed E-state index contributed by atoms with van der Waals surface area (Å²) in [7, 11) is 0. The summed E-state index contributed by atoms with van der Waals surface area (Å²) in [5, 5.41) is 6.13. The van der Waals surface area contributed by atoms with Gasteiger partial charge in [0.15, 0.2) is 0 Å². The van der Waals surface area contributed by atoms with Crippen LogP contribution in [-0.4, -0.2) is 42.9 Å². The Balaban J connectivity index is 0.00000312. The van der Waals surface area contributed by atoms with E-state index in [1.165, 1.54) is 0 Å². The van der Waals surface area contributed by atoms with Crippen molar-refractivity contribution < 1.29 is 9.59 Å². The SMILES string of the molecule is CCCN(CCC)C(=O)c1ccc(NC(=O)C(C)C2CNC2)cc1.Cl. The molecule has 2 N–H and O–H groups in total. The van der Waals surface area contributed by atoms with E-state index in [1.54, 1.807) is 12.1 Å². The minimum Gasteiger partial charge on any atom is -0.339 e. The highest BCUT2D eigenvalue weighted by Crippen LogP contribution is 2.19. The topological polar surface area (TPSA) is 61.4 Å². The van der Waals surface area contributed by atoms with Crippen LogP contribution >= 0.6 is 12.4 Å². The second kappa shape index (κ2) is 10.4. The molecule has 0 bridgehead atoms. The molecule has 1 heterocycles. The van der Waals surface area contributed by atoms with Crippen LogP contribution in [0.3, 0.4) is 0 Å². The van der Waals surface area contributed by atoms with Gasteiger partial charge in [-0.15, -0.1) is 12.4 Å². The molecule has 1 saturated heterocycles. The van der Waals surface area contributed by atoms with Crippen molar-refractivity contribution in [2.75, 3.05) is 31.5 Å². The average molecular weight is 368 g/mol. The van der Waals surface area contributed by atoms with Crippen molar-refractivity contribution in [3.63, 3.8) is 0 Å². The van der Waals surface area contributed by atoms with E-state index < -0.39 is 0 Å². The number of anilines is 1. The predicted octanol–water partition coefficient (Wildman–Crippen LogP) is 3.16. The number of halogens is 1. The molecule has 2 rings (SSSR count). The van der Waals surface area contributed by atoms with Crippen LogP contribution in [0.4, 0.5) is 5.69 Å². The normalized spacial score (nSPS) is 14.8. The van der Waals surface area contributed by atoms with Crippen molar-refractivity contribution >= 4 is 29.9 Å². The summed E-state index contributed by atoms with van der Waals surface area (Å²) in [5.74, 6) is 0.518. The van der Waals surface area contributed by atoms with Crippen LogP contribution in [-0.2, 0) is 4.79 Å². The molecule has 1 atom stereocenters. The lowest BCUT2D eigenvalue weighted by molar-refractivity contribution is -0.121. The fraction of sp³-hybridized carbons (Fsp3) is 0.579. The van der Waals surface area contributed by atoms with Gasteiger partial charge in [-0.25, -0.2) is 0 Å². The Morgan fingerprint density at radius 1 is 1.16 bits per heavy atom. The maximum absolute atomic E-state index is 12.5. The van der Waals surface area contributed by atoms with Crippen molar-refractivity contribution in [1.29, 1.82) is 0 Å². The standard InChI is InChI=1S/C19H29N3O2.ClH/c1-4-10-22(11-5-2)19(24)15-6-8-17(9-7-15)21-18(23)14(3)16-12-20-13-16;/h6-9,14,16,20H,4-5,10-13H2,1-3H3,(H,21,23);1H. The highest BCUT2D eigenvalue weighted by molar-refractivity contribution is 5.96. The van der Waals surface area contributed by atoms with Gasteiger partial charge in [-0.3, -0.25) is 9.59 Å². The number of hydrogen-bond donors (Lipinski definition) is 2. The molecule has 0 spiro atoms. The fourth-order valence-corrected chi connectivity index (χ4v) is 2.87. The number of nitrogens with one attached hydrogen (secondary N) is 2. The molecule has 25 heavy (non-hydrogen) atoms. The molecule has 6 heteroatoms. The van der Waals surface area contributed by atoms with E-state index in [0.717, 1.165) is 44.7 Å². The number of carbonyl (C=O) groups excluding carboxylic acids is 2. The van der Waals surface area contributed by atoms with Crippen LogP contribution < -0.4 is 10.6 Å². The molecule has 0 radical (unpaired) electrons. The quantitative estimate of drug-likeness (QED) is 0.741. The van der Waals surface area contributed by atoms with Crippen molar-refractivity contribution in [3.8, 4) is 0 Å². The van der Waals surface area contributed by atoms with Crippen LogP contribution in [0.1, 0.15) is 44.0 Å². The van der Waals surface area contributed by atoms with Gasteiger partial charge in [0.1, 0.15) is 0 Å². The van der Waals surface area contributed by atoms with Crippen molar-refractivity contribution in [2.24, 2.45) is 11.8 Å². The minimum absolute atomic E-state index is 0. The number of rotatable bonds is 8. The summed E-state index contributed by atoms with van der Waals surface area (Å²) in [4.78, 5) is 26.7. The van der Waals surface area contributed by atoms with Gasteiger partial charge in [-0.1, -0.05) is 20.8 Å². The van der Waals surface area contributed by atoms with Gasteiger partial charge >= 0.3 is 0 Å². The van der Waals surface area contributed by atoms with Crippen LogP contribution in [0.15, 0.2) is 24.3 Å². The first-order valence-corrected chi connectivity index (χ1v) is 8.97. The van der Waals surface area contributed by atoms with Gasteiger partial charge in [0.05, 0.1) is 0 Å². The molecule has 0 aromatic heterocycles. The third-order valence-corrected chi connectivity index (χ3v) is 4.61. The van der Waals surface area contributed by atoms with E-state index in [9.17, 15) is 9.59 Å². The van der Waals surface area contributed by atoms with E-state index >= 15 is 0 Å². The molecule has 1 aliphatic rings. The second-order valence-corrected chi connectivity index (χ2v) is 6.57. The molecule has 1 aromatic carbocycles. The molecule has 140 valence electrons. The van der Waals surface area contributed by atoms with Crippen LogP contribution in [0, 0.1) is 11.8 Å². The van der Waals surface area contributed by atoms with E-state index in [0.29, 0.717) is 11.5 Å². The van der Waals surface area contributed by atoms with Crippen LogP contribution in [0.25, 0.3) is 0 Å². The number of amides is 2. The molecular weight excluding hydrogens is 338 g/mol. The minimum atomic E-state index is -0.00263. The van der Waals surface area contributed by atoms with Gasteiger partial charge in [0.2, 0.25) is 5.91 Å². The number of benzene rings is 1. The maximum Gasteiger partial charge on any atom is 0.253 e. The second-order valence-electron chi connectivity index (χ2n) is 6.57. The van der Waals surface area contributed by atoms with E-state index in [-0.39, 0.29) is 30.1 Å². The largest absolute Gasteiger partial charge is 0.339 e. The highest BCUT2D eigenvalue weighted by Gasteiger charge is 2.28. The Kier molecular flexibility index (Phi) is 8.93. The highest BCUT2D eigenvalue weighted by atomic mass is 35.5. The van der Waals surface area contributed by atoms with Crippen LogP contribution in [0.2, 0.25) is 0 Å². The third kappa shape index (κ3) is 5.72. The van der Waals surface area contributed by atoms with E-state index in [4.69, 9.17) is 0 Å². The molecule has 2 amide bonds. The summed E-state index contributed by atoms with van der Waals surface area (Å²) >= 11 is 0. The Hall–Kier alpha value is -1.59. The Morgan fingerprint density at radius 3 is 2.16 bits per heavy atom. The van der Waals surface area contributed by atoms with Crippen molar-refractivity contribution in [1.82, 2.24) is 10.2 Å². The lowest BCUT2D eigenvalue weighted by Crippen LogP contribution is -2.48. The van der Waals surface area contributed by atoms with E-state index in [2.05, 4.69) is 24.5 Å². The zero-order valence-corrected chi connectivity index (χ0v) is 16.2. The van der Waals surface area contributed by atoms with Crippen LogP contribution in [0.5, 0.6) is 0 Å². The Bertz CT molecular complexity index is 552. The molecule has 1 aromatic rings. The van der Waals surface area contributed by atoms with E-state index in [1.807, 2.05) is 24.0 Å². The number of carbonyl (C=O) groups is 2. The summed E-state index contributed by atoms with van der Waals surface area (Å²) in [6.07, 6.45) is 1.90. The number of nitrogens with zero attached hydrogens (tertiary/aromatic N) is 1. The summed E-state index contributed by atoms with van der Waals surface area (Å²) in [6.45, 7) is 9.49. The first-order valence-electron chi connectivity index (χ1n) is 8.97. The molecular formula is C19H30ClN3O2. The lowest BCUT2D eigenvalue weighted by atomic mass is 9.88. The molecule has 1 unspecified atom stereocenters. The summed E-state index contributed by atoms with van der Waals surface area (Å²) in [5.41, 5.74) is 1.42. The third-order valence-electron chi connectivity index (χ3n) is 4.61. The fourth-order valence-electron chi connectivity index (χ4n) is 2.87. The smallest absolute Gasteiger partial charge is 0.253 e. The Labute approximate surface area is 157 Å². The summed E-state index contributed by atoms with van der Waals surface area (Å²) < 4.78 is 0. The molecule has 0 saturated carbocycles. The maximum atomic E-state index is 12.5. The van der Waals surface area contributed by atoms with Crippen molar-refractivity contribution in [2.45, 2.75) is 33.6 Å². The monoisotopic (exact) mass is 367 g/mol. The molecule has 1 aliphatic heterocycles. The zero-order valence-electron chi connectivity index (χ0n) is 15.4. The van der Waals surface area contributed by atoms with Gasteiger partial charge in [0.25, 0.3) is 5.91 Å².